The predicted molar refractivity (Wildman–Crippen MR) is 114 cm³/mol. The molecule has 0 saturated carbocycles. The van der Waals surface area contributed by atoms with Crippen molar-refractivity contribution >= 4 is 11.8 Å². The van der Waals surface area contributed by atoms with Crippen molar-refractivity contribution in [3.63, 3.8) is 0 Å². The van der Waals surface area contributed by atoms with Crippen molar-refractivity contribution in [2.45, 2.75) is 37.1 Å². The minimum Gasteiger partial charge on any atom is -0.493 e. The molecule has 2 atom stereocenters. The third kappa shape index (κ3) is 3.96. The highest BCUT2D eigenvalue weighted by Crippen LogP contribution is 2.43. The summed E-state index contributed by atoms with van der Waals surface area (Å²) in [5.41, 5.74) is 0.905. The molecule has 2 fully saturated rings. The highest BCUT2D eigenvalue weighted by Gasteiger charge is 2.53. The second kappa shape index (κ2) is 8.57. The van der Waals surface area contributed by atoms with Crippen LogP contribution >= 0.6 is 0 Å². The Balaban J connectivity index is 1.50. The topological polar surface area (TPSA) is 67.9 Å². The second-order valence-corrected chi connectivity index (χ2v) is 8.20. The van der Waals surface area contributed by atoms with Crippen LogP contribution in [0.5, 0.6) is 11.5 Å². The van der Waals surface area contributed by atoms with Gasteiger partial charge in [0.15, 0.2) is 11.5 Å². The molecule has 0 radical (unpaired) electrons. The molecule has 2 aromatic rings. The van der Waals surface area contributed by atoms with Gasteiger partial charge < -0.3 is 19.7 Å². The fourth-order valence-corrected chi connectivity index (χ4v) is 4.78. The van der Waals surface area contributed by atoms with Crippen molar-refractivity contribution in [2.24, 2.45) is 0 Å². The fourth-order valence-electron chi connectivity index (χ4n) is 4.78. The Bertz CT molecular complexity index is 978. The summed E-state index contributed by atoms with van der Waals surface area (Å²) in [5, 5.41) is 3.05. The van der Waals surface area contributed by atoms with Gasteiger partial charge in [0.05, 0.1) is 19.6 Å². The number of halogens is 1. The van der Waals surface area contributed by atoms with E-state index in [9.17, 15) is 14.0 Å². The number of benzene rings is 2. The summed E-state index contributed by atoms with van der Waals surface area (Å²) in [6.45, 7) is 0.778. The lowest BCUT2D eigenvalue weighted by molar-refractivity contribution is -0.129. The van der Waals surface area contributed by atoms with Gasteiger partial charge in [-0.15, -0.1) is 0 Å². The van der Waals surface area contributed by atoms with Gasteiger partial charge in [-0.1, -0.05) is 18.2 Å². The van der Waals surface area contributed by atoms with Gasteiger partial charge in [-0.05, 0) is 54.7 Å². The molecule has 7 heteroatoms. The Morgan fingerprint density at radius 1 is 1.16 bits per heavy atom. The Morgan fingerprint density at radius 2 is 1.90 bits per heavy atom. The molecule has 164 valence electrons. The number of rotatable bonds is 7. The summed E-state index contributed by atoms with van der Waals surface area (Å²) in [4.78, 5) is 27.5. The largest absolute Gasteiger partial charge is 0.493 e. The normalized spacial score (nSPS) is 22.4. The van der Waals surface area contributed by atoms with E-state index in [1.54, 1.807) is 26.4 Å². The maximum absolute atomic E-state index is 13.5. The molecule has 0 unspecified atom stereocenters. The van der Waals surface area contributed by atoms with Gasteiger partial charge >= 0.3 is 0 Å². The van der Waals surface area contributed by atoms with Crippen LogP contribution in [0.4, 0.5) is 4.39 Å². The fraction of sp³-hybridized carbons (Fsp3) is 0.417. The molecule has 0 bridgehead atoms. The van der Waals surface area contributed by atoms with Gasteiger partial charge in [-0.3, -0.25) is 9.59 Å². The van der Waals surface area contributed by atoms with E-state index in [0.717, 1.165) is 17.5 Å². The summed E-state index contributed by atoms with van der Waals surface area (Å²) >= 11 is 0. The van der Waals surface area contributed by atoms with E-state index < -0.39 is 5.41 Å². The third-order valence-corrected chi connectivity index (χ3v) is 6.46. The van der Waals surface area contributed by atoms with Gasteiger partial charge in [0.2, 0.25) is 11.8 Å². The minimum absolute atomic E-state index is 0.0640. The van der Waals surface area contributed by atoms with Crippen LogP contribution in [-0.2, 0) is 21.4 Å². The number of methoxy groups -OCH3 is 2. The SMILES string of the molecule is COc1ccc(CCNC(=O)[C@@]2(c3ccc(F)cc3)C[C@@H]3CCC(=O)N3C2)cc1OC. The molecule has 2 heterocycles. The number of nitrogens with one attached hydrogen (secondary N) is 1. The molecule has 0 aliphatic carbocycles. The molecule has 0 spiro atoms. The molecular formula is C24H27FN2O4. The summed E-state index contributed by atoms with van der Waals surface area (Å²) in [5.74, 6) is 0.919. The zero-order chi connectivity index (χ0) is 22.0. The van der Waals surface area contributed by atoms with E-state index in [2.05, 4.69) is 5.32 Å². The van der Waals surface area contributed by atoms with Crippen LogP contribution in [0.3, 0.4) is 0 Å². The zero-order valence-electron chi connectivity index (χ0n) is 17.8. The van der Waals surface area contributed by atoms with E-state index in [-0.39, 0.29) is 23.7 Å². The van der Waals surface area contributed by atoms with Gasteiger partial charge in [0.1, 0.15) is 5.82 Å². The predicted octanol–water partition coefficient (Wildman–Crippen LogP) is 2.83. The lowest BCUT2D eigenvalue weighted by Crippen LogP contribution is -2.47. The van der Waals surface area contributed by atoms with Crippen LogP contribution in [-0.4, -0.2) is 50.1 Å². The average molecular weight is 426 g/mol. The summed E-state index contributed by atoms with van der Waals surface area (Å²) in [6, 6.07) is 11.8. The molecule has 2 saturated heterocycles. The van der Waals surface area contributed by atoms with Gasteiger partial charge in [-0.2, -0.15) is 0 Å². The first-order valence-corrected chi connectivity index (χ1v) is 10.5. The smallest absolute Gasteiger partial charge is 0.232 e. The van der Waals surface area contributed by atoms with Crippen molar-refractivity contribution in [1.82, 2.24) is 10.2 Å². The van der Waals surface area contributed by atoms with Crippen LogP contribution in [0.2, 0.25) is 0 Å². The number of nitrogens with zero attached hydrogens (tertiary/aromatic N) is 1. The minimum atomic E-state index is -0.855. The summed E-state index contributed by atoms with van der Waals surface area (Å²) in [7, 11) is 3.17. The third-order valence-electron chi connectivity index (χ3n) is 6.46. The standard InChI is InChI=1S/C24H27FN2O4/c1-30-20-9-3-16(13-21(20)31-2)11-12-26-23(29)24(17-4-6-18(25)7-5-17)14-19-8-10-22(28)27(19)15-24/h3-7,9,13,19H,8,10-12,14-15H2,1-2H3,(H,26,29)/t19-,24-/m0/s1. The van der Waals surface area contributed by atoms with E-state index in [4.69, 9.17) is 9.47 Å². The average Bonchev–Trinajstić information content (AvgIpc) is 3.33. The molecule has 2 amide bonds. The monoisotopic (exact) mass is 426 g/mol. The maximum Gasteiger partial charge on any atom is 0.232 e. The molecule has 31 heavy (non-hydrogen) atoms. The van der Waals surface area contributed by atoms with Crippen LogP contribution in [0.1, 0.15) is 30.4 Å². The first-order valence-electron chi connectivity index (χ1n) is 10.5. The van der Waals surface area contributed by atoms with Crippen molar-refractivity contribution in [2.75, 3.05) is 27.3 Å². The van der Waals surface area contributed by atoms with Crippen LogP contribution < -0.4 is 14.8 Å². The van der Waals surface area contributed by atoms with Gasteiger partial charge in [0, 0.05) is 25.6 Å². The Morgan fingerprint density at radius 3 is 2.58 bits per heavy atom. The van der Waals surface area contributed by atoms with E-state index in [1.165, 1.54) is 12.1 Å². The van der Waals surface area contributed by atoms with E-state index >= 15 is 0 Å². The molecule has 0 aromatic heterocycles. The highest BCUT2D eigenvalue weighted by molar-refractivity contribution is 5.91. The first kappa shape index (κ1) is 21.2. The van der Waals surface area contributed by atoms with Crippen molar-refractivity contribution in [3.05, 3.63) is 59.4 Å². The van der Waals surface area contributed by atoms with E-state index in [1.807, 2.05) is 23.1 Å². The quantitative estimate of drug-likeness (QED) is 0.739. The second-order valence-electron chi connectivity index (χ2n) is 8.20. The summed E-state index contributed by atoms with van der Waals surface area (Å²) < 4.78 is 24.1. The maximum atomic E-state index is 13.5. The first-order chi connectivity index (χ1) is 15.0. The Hall–Kier alpha value is -3.09. The molecule has 4 rings (SSSR count). The highest BCUT2D eigenvalue weighted by atomic mass is 19.1. The number of fused-ring (bicyclic) bond motifs is 1. The molecular weight excluding hydrogens is 399 g/mol. The molecule has 1 N–H and O–H groups in total. The van der Waals surface area contributed by atoms with Crippen molar-refractivity contribution in [1.29, 1.82) is 0 Å². The lowest BCUT2D eigenvalue weighted by atomic mass is 9.77. The van der Waals surface area contributed by atoms with Gasteiger partial charge in [-0.25, -0.2) is 4.39 Å². The van der Waals surface area contributed by atoms with E-state index in [0.29, 0.717) is 43.9 Å². The number of amides is 2. The number of ether oxygens (including phenoxy) is 2. The van der Waals surface area contributed by atoms with Crippen molar-refractivity contribution in [3.8, 4) is 11.5 Å². The summed E-state index contributed by atoms with van der Waals surface area (Å²) in [6.07, 6.45) is 2.48. The Kier molecular flexibility index (Phi) is 5.85. The molecule has 2 aromatic carbocycles. The van der Waals surface area contributed by atoms with Crippen LogP contribution in [0.15, 0.2) is 42.5 Å². The Labute approximate surface area is 181 Å². The molecule has 6 nitrogen and oxygen atoms in total. The zero-order valence-corrected chi connectivity index (χ0v) is 17.8. The molecule has 2 aliphatic rings. The van der Waals surface area contributed by atoms with Crippen LogP contribution in [0, 0.1) is 5.82 Å². The lowest BCUT2D eigenvalue weighted by Gasteiger charge is -2.29. The van der Waals surface area contributed by atoms with Crippen molar-refractivity contribution < 1.29 is 23.5 Å². The van der Waals surface area contributed by atoms with Gasteiger partial charge in [0.25, 0.3) is 0 Å². The van der Waals surface area contributed by atoms with Crippen LogP contribution in [0.25, 0.3) is 0 Å². The number of carbonyl (C=O) groups is 2. The number of hydrogen-bond donors (Lipinski definition) is 1. The molecule has 2 aliphatic heterocycles. The number of carbonyl (C=O) groups excluding carboxylic acids is 2. The number of hydrogen-bond acceptors (Lipinski definition) is 4.